The molecule has 2 nitrogen and oxygen atoms in total. The average Bonchev–Trinajstić information content (AvgIpc) is 3.83. The fourth-order valence-corrected chi connectivity index (χ4v) is 8.75. The molecule has 0 N–H and O–H groups in total. The Morgan fingerprint density at radius 2 is 0.722 bits per heavy atom. The molecule has 252 valence electrons. The molecule has 0 amide bonds. The number of hydrogen-bond acceptors (Lipinski definition) is 0. The molecule has 2 heteroatoms. The third-order valence-corrected chi connectivity index (χ3v) is 11.2. The van der Waals surface area contributed by atoms with E-state index in [4.69, 9.17) is 0 Å². The topological polar surface area (TPSA) is 9.86 Å². The minimum atomic E-state index is 1.15. The first-order valence-electron chi connectivity index (χ1n) is 18.6. The molecule has 0 bridgehead atoms. The summed E-state index contributed by atoms with van der Waals surface area (Å²) in [6.45, 7) is 0. The van der Waals surface area contributed by atoms with Crippen LogP contribution in [-0.2, 0) is 0 Å². The Bertz CT molecular complexity index is 3110. The number of nitrogens with zero attached hydrogens (tertiary/aromatic N) is 2. The van der Waals surface area contributed by atoms with Gasteiger partial charge >= 0.3 is 0 Å². The SMILES string of the molecule is c1ccc(-c2ccc(-n3ccc4c3ccc3c5ccccc5n(-c5ccc(-c6c7ccccc7c(-c7ccccc7)c7ccccc67)cc5)c34)cc2)cc1. The monoisotopic (exact) mass is 686 g/mol. The lowest BCUT2D eigenvalue weighted by Crippen LogP contribution is -1.96. The van der Waals surface area contributed by atoms with Crippen LogP contribution in [0.4, 0.5) is 0 Å². The second-order valence-corrected chi connectivity index (χ2v) is 14.1. The van der Waals surface area contributed by atoms with Gasteiger partial charge in [-0.25, -0.2) is 0 Å². The van der Waals surface area contributed by atoms with Crippen molar-refractivity contribution in [2.24, 2.45) is 0 Å². The molecule has 0 spiro atoms. The van der Waals surface area contributed by atoms with E-state index in [1.165, 1.54) is 87.6 Å². The lowest BCUT2D eigenvalue weighted by molar-refractivity contribution is 1.13. The van der Waals surface area contributed by atoms with Crippen LogP contribution in [0.5, 0.6) is 0 Å². The van der Waals surface area contributed by atoms with Crippen molar-refractivity contribution in [2.45, 2.75) is 0 Å². The summed E-state index contributed by atoms with van der Waals surface area (Å²) in [6, 6.07) is 72.9. The van der Waals surface area contributed by atoms with Crippen molar-refractivity contribution in [3.05, 3.63) is 206 Å². The average molecular weight is 687 g/mol. The minimum absolute atomic E-state index is 1.15. The minimum Gasteiger partial charge on any atom is -0.316 e. The largest absolute Gasteiger partial charge is 0.316 e. The van der Waals surface area contributed by atoms with Gasteiger partial charge in [0, 0.05) is 33.7 Å². The molecular formula is C52H34N2. The van der Waals surface area contributed by atoms with Gasteiger partial charge in [0.1, 0.15) is 0 Å². The molecule has 0 saturated heterocycles. The summed E-state index contributed by atoms with van der Waals surface area (Å²) >= 11 is 0. The van der Waals surface area contributed by atoms with Crippen LogP contribution in [0.2, 0.25) is 0 Å². The van der Waals surface area contributed by atoms with E-state index < -0.39 is 0 Å². The lowest BCUT2D eigenvalue weighted by atomic mass is 9.86. The molecule has 0 aliphatic carbocycles. The number of rotatable bonds is 5. The Hall–Kier alpha value is -7.16. The van der Waals surface area contributed by atoms with Crippen molar-refractivity contribution in [1.82, 2.24) is 9.13 Å². The summed E-state index contributed by atoms with van der Waals surface area (Å²) in [5.41, 5.74) is 13.4. The lowest BCUT2D eigenvalue weighted by Gasteiger charge is -2.18. The van der Waals surface area contributed by atoms with Crippen molar-refractivity contribution in [3.63, 3.8) is 0 Å². The van der Waals surface area contributed by atoms with Gasteiger partial charge in [-0.15, -0.1) is 0 Å². The fourth-order valence-electron chi connectivity index (χ4n) is 8.75. The molecule has 2 heterocycles. The van der Waals surface area contributed by atoms with Crippen molar-refractivity contribution in [3.8, 4) is 44.8 Å². The molecule has 2 aromatic heterocycles. The normalized spacial score (nSPS) is 11.7. The third kappa shape index (κ3) is 4.67. The van der Waals surface area contributed by atoms with Gasteiger partial charge in [-0.1, -0.05) is 158 Å². The zero-order chi connectivity index (χ0) is 35.6. The predicted octanol–water partition coefficient (Wildman–Crippen LogP) is 14.0. The van der Waals surface area contributed by atoms with E-state index in [-0.39, 0.29) is 0 Å². The first-order chi connectivity index (χ1) is 26.8. The highest BCUT2D eigenvalue weighted by Crippen LogP contribution is 2.44. The van der Waals surface area contributed by atoms with Crippen molar-refractivity contribution in [1.29, 1.82) is 0 Å². The zero-order valence-electron chi connectivity index (χ0n) is 29.5. The van der Waals surface area contributed by atoms with E-state index in [9.17, 15) is 0 Å². The Morgan fingerprint density at radius 1 is 0.259 bits per heavy atom. The molecule has 11 rings (SSSR count). The van der Waals surface area contributed by atoms with Gasteiger partial charge in [-0.2, -0.15) is 0 Å². The number of hydrogen-bond donors (Lipinski definition) is 0. The van der Waals surface area contributed by atoms with Gasteiger partial charge in [0.2, 0.25) is 0 Å². The molecule has 0 fully saturated rings. The molecule has 0 aliphatic rings. The van der Waals surface area contributed by atoms with Crippen molar-refractivity contribution >= 4 is 54.3 Å². The van der Waals surface area contributed by atoms with Gasteiger partial charge in [0.05, 0.1) is 16.6 Å². The molecule has 0 aliphatic heterocycles. The van der Waals surface area contributed by atoms with Gasteiger partial charge in [-0.3, -0.25) is 0 Å². The maximum Gasteiger partial charge on any atom is 0.0635 e. The first kappa shape index (κ1) is 30.5. The molecule has 11 aromatic rings. The van der Waals surface area contributed by atoms with Crippen LogP contribution in [0.15, 0.2) is 206 Å². The van der Waals surface area contributed by atoms with E-state index in [2.05, 4.69) is 216 Å². The zero-order valence-corrected chi connectivity index (χ0v) is 29.5. The summed E-state index contributed by atoms with van der Waals surface area (Å²) in [7, 11) is 0. The summed E-state index contributed by atoms with van der Waals surface area (Å²) in [6.07, 6.45) is 2.21. The fraction of sp³-hybridized carbons (Fsp3) is 0. The van der Waals surface area contributed by atoms with Crippen LogP contribution < -0.4 is 0 Å². The van der Waals surface area contributed by atoms with E-state index in [1.54, 1.807) is 0 Å². The summed E-state index contributed by atoms with van der Waals surface area (Å²) in [4.78, 5) is 0. The summed E-state index contributed by atoms with van der Waals surface area (Å²) < 4.78 is 4.76. The molecule has 0 radical (unpaired) electrons. The van der Waals surface area contributed by atoms with Gasteiger partial charge in [0.15, 0.2) is 0 Å². The molecular weight excluding hydrogens is 653 g/mol. The van der Waals surface area contributed by atoms with Crippen LogP contribution in [-0.4, -0.2) is 9.13 Å². The standard InChI is InChI=1S/C52H34N2/c1-3-13-35(14-4-1)36-23-27-39(28-24-36)53-34-33-47-48(53)32-31-46-41-17-11-12-22-49(41)54(52(46)47)40-29-25-38(26-30-40)51-44-20-9-7-18-42(44)50(37-15-5-2-6-16-37)43-19-8-10-21-45(43)51/h1-34H. The number of benzene rings is 9. The Balaban J connectivity index is 1.08. The second-order valence-electron chi connectivity index (χ2n) is 14.1. The van der Waals surface area contributed by atoms with E-state index in [1.807, 2.05) is 0 Å². The Morgan fingerprint density at radius 3 is 1.33 bits per heavy atom. The highest BCUT2D eigenvalue weighted by atomic mass is 15.0. The number of fused-ring (bicyclic) bond motifs is 7. The molecule has 54 heavy (non-hydrogen) atoms. The second kappa shape index (κ2) is 12.2. The van der Waals surface area contributed by atoms with Crippen LogP contribution in [0, 0.1) is 0 Å². The van der Waals surface area contributed by atoms with Crippen LogP contribution in [0.25, 0.3) is 99.0 Å². The Kier molecular flexibility index (Phi) is 6.90. The smallest absolute Gasteiger partial charge is 0.0635 e. The number of aromatic nitrogens is 2. The van der Waals surface area contributed by atoms with E-state index >= 15 is 0 Å². The summed E-state index contributed by atoms with van der Waals surface area (Å²) in [5, 5.41) is 8.81. The maximum atomic E-state index is 2.45. The van der Waals surface area contributed by atoms with Gasteiger partial charge in [-0.05, 0) is 97.4 Å². The van der Waals surface area contributed by atoms with Crippen molar-refractivity contribution in [2.75, 3.05) is 0 Å². The highest BCUT2D eigenvalue weighted by molar-refractivity contribution is 6.22. The van der Waals surface area contributed by atoms with E-state index in [0.717, 1.165) is 11.4 Å². The Labute approximate surface area is 313 Å². The highest BCUT2D eigenvalue weighted by Gasteiger charge is 2.19. The predicted molar refractivity (Wildman–Crippen MR) is 229 cm³/mol. The molecule has 0 atom stereocenters. The summed E-state index contributed by atoms with van der Waals surface area (Å²) in [5.74, 6) is 0. The molecule has 9 aromatic carbocycles. The van der Waals surface area contributed by atoms with E-state index in [0.29, 0.717) is 0 Å². The third-order valence-electron chi connectivity index (χ3n) is 11.2. The van der Waals surface area contributed by atoms with Gasteiger partial charge in [0.25, 0.3) is 0 Å². The van der Waals surface area contributed by atoms with Gasteiger partial charge < -0.3 is 9.13 Å². The molecule has 0 unspecified atom stereocenters. The van der Waals surface area contributed by atoms with Crippen LogP contribution in [0.3, 0.4) is 0 Å². The van der Waals surface area contributed by atoms with Crippen LogP contribution in [0.1, 0.15) is 0 Å². The number of para-hydroxylation sites is 1. The maximum absolute atomic E-state index is 2.45. The quantitative estimate of drug-likeness (QED) is 0.160. The van der Waals surface area contributed by atoms with Crippen molar-refractivity contribution < 1.29 is 0 Å². The molecule has 0 saturated carbocycles. The van der Waals surface area contributed by atoms with Crippen LogP contribution >= 0.6 is 0 Å². The first-order valence-corrected chi connectivity index (χ1v) is 18.6.